The molecule has 0 spiro atoms. The topological polar surface area (TPSA) is 49.3 Å². The van der Waals surface area contributed by atoms with Gasteiger partial charge in [0.15, 0.2) is 0 Å². The standard InChI is InChI=1S/C13H25NO2/c1-4-10(2)9-14-13(12(15)16)8-6-5-7-11(13)3/h10-11,14H,4-9H2,1-3H3,(H,15,16). The van der Waals surface area contributed by atoms with Gasteiger partial charge in [-0.3, -0.25) is 4.79 Å². The van der Waals surface area contributed by atoms with E-state index in [2.05, 4.69) is 26.1 Å². The fourth-order valence-corrected chi connectivity index (χ4v) is 2.50. The van der Waals surface area contributed by atoms with Gasteiger partial charge in [0.2, 0.25) is 0 Å². The van der Waals surface area contributed by atoms with Crippen molar-refractivity contribution in [3.63, 3.8) is 0 Å². The lowest BCUT2D eigenvalue weighted by molar-refractivity contribution is -0.149. The summed E-state index contributed by atoms with van der Waals surface area (Å²) in [6.07, 6.45) is 5.10. The molecule has 0 bridgehead atoms. The normalized spacial score (nSPS) is 32.3. The fraction of sp³-hybridized carbons (Fsp3) is 0.923. The lowest BCUT2D eigenvalue weighted by Crippen LogP contribution is -2.58. The molecule has 0 aromatic rings. The molecule has 0 saturated heterocycles. The molecule has 0 radical (unpaired) electrons. The maximum Gasteiger partial charge on any atom is 0.324 e. The van der Waals surface area contributed by atoms with Gasteiger partial charge in [0.05, 0.1) is 0 Å². The van der Waals surface area contributed by atoms with Crippen LogP contribution in [0.4, 0.5) is 0 Å². The van der Waals surface area contributed by atoms with E-state index in [0.717, 1.165) is 32.2 Å². The van der Waals surface area contributed by atoms with Crippen molar-refractivity contribution in [3.05, 3.63) is 0 Å². The van der Waals surface area contributed by atoms with Gasteiger partial charge in [0.25, 0.3) is 0 Å². The van der Waals surface area contributed by atoms with Crippen LogP contribution in [-0.2, 0) is 4.79 Å². The Morgan fingerprint density at radius 3 is 2.75 bits per heavy atom. The first-order valence-electron chi connectivity index (χ1n) is 6.51. The summed E-state index contributed by atoms with van der Waals surface area (Å²) in [4.78, 5) is 11.5. The van der Waals surface area contributed by atoms with Gasteiger partial charge >= 0.3 is 5.97 Å². The third-order valence-corrected chi connectivity index (χ3v) is 4.14. The van der Waals surface area contributed by atoms with Crippen LogP contribution < -0.4 is 5.32 Å². The molecule has 0 amide bonds. The molecule has 94 valence electrons. The SMILES string of the molecule is CCC(C)CNC1(C(=O)O)CCCCC1C. The van der Waals surface area contributed by atoms with Crippen LogP contribution in [-0.4, -0.2) is 23.2 Å². The van der Waals surface area contributed by atoms with E-state index in [4.69, 9.17) is 0 Å². The molecule has 3 heteroatoms. The smallest absolute Gasteiger partial charge is 0.324 e. The number of hydrogen-bond acceptors (Lipinski definition) is 2. The average molecular weight is 227 g/mol. The molecule has 0 heterocycles. The predicted molar refractivity (Wildman–Crippen MR) is 65.5 cm³/mol. The quantitative estimate of drug-likeness (QED) is 0.759. The summed E-state index contributed by atoms with van der Waals surface area (Å²) in [6.45, 7) is 7.18. The van der Waals surface area contributed by atoms with E-state index in [0.29, 0.717) is 5.92 Å². The Kier molecular flexibility index (Phi) is 4.78. The number of rotatable bonds is 5. The van der Waals surface area contributed by atoms with Crippen molar-refractivity contribution in [3.8, 4) is 0 Å². The molecule has 3 atom stereocenters. The van der Waals surface area contributed by atoms with Crippen molar-refractivity contribution in [2.24, 2.45) is 11.8 Å². The fourth-order valence-electron chi connectivity index (χ4n) is 2.50. The summed E-state index contributed by atoms with van der Waals surface area (Å²) in [5.74, 6) is 0.121. The Balaban J connectivity index is 2.68. The maximum atomic E-state index is 11.5. The summed E-state index contributed by atoms with van der Waals surface area (Å²) in [5.41, 5.74) is -0.665. The number of nitrogens with one attached hydrogen (secondary N) is 1. The zero-order valence-electron chi connectivity index (χ0n) is 10.8. The van der Waals surface area contributed by atoms with Crippen molar-refractivity contribution in [1.29, 1.82) is 0 Å². The van der Waals surface area contributed by atoms with Gasteiger partial charge in [0, 0.05) is 0 Å². The molecule has 1 saturated carbocycles. The lowest BCUT2D eigenvalue weighted by Gasteiger charge is -2.40. The second-order valence-electron chi connectivity index (χ2n) is 5.32. The third kappa shape index (κ3) is 2.76. The highest BCUT2D eigenvalue weighted by molar-refractivity contribution is 5.79. The highest BCUT2D eigenvalue weighted by atomic mass is 16.4. The van der Waals surface area contributed by atoms with Gasteiger partial charge in [-0.15, -0.1) is 0 Å². The van der Waals surface area contributed by atoms with E-state index in [9.17, 15) is 9.90 Å². The second kappa shape index (κ2) is 5.67. The van der Waals surface area contributed by atoms with E-state index < -0.39 is 11.5 Å². The molecule has 3 nitrogen and oxygen atoms in total. The van der Waals surface area contributed by atoms with Gasteiger partial charge in [-0.1, -0.05) is 40.0 Å². The number of carboxylic acid groups (broad SMARTS) is 1. The highest BCUT2D eigenvalue weighted by Crippen LogP contribution is 2.34. The lowest BCUT2D eigenvalue weighted by atomic mass is 9.73. The Labute approximate surface area is 98.6 Å². The molecular formula is C13H25NO2. The van der Waals surface area contributed by atoms with Crippen molar-refractivity contribution < 1.29 is 9.90 Å². The Morgan fingerprint density at radius 1 is 1.56 bits per heavy atom. The summed E-state index contributed by atoms with van der Waals surface area (Å²) < 4.78 is 0. The minimum atomic E-state index is -0.665. The van der Waals surface area contributed by atoms with Crippen LogP contribution in [0.2, 0.25) is 0 Å². The molecule has 16 heavy (non-hydrogen) atoms. The van der Waals surface area contributed by atoms with Crippen molar-refractivity contribution >= 4 is 5.97 Å². The van der Waals surface area contributed by atoms with Crippen molar-refractivity contribution in [1.82, 2.24) is 5.32 Å². The minimum Gasteiger partial charge on any atom is -0.480 e. The molecule has 1 fully saturated rings. The Morgan fingerprint density at radius 2 is 2.25 bits per heavy atom. The second-order valence-corrected chi connectivity index (χ2v) is 5.32. The van der Waals surface area contributed by atoms with E-state index >= 15 is 0 Å². The monoisotopic (exact) mass is 227 g/mol. The summed E-state index contributed by atoms with van der Waals surface area (Å²) in [5, 5.41) is 12.8. The van der Waals surface area contributed by atoms with Crippen LogP contribution >= 0.6 is 0 Å². The molecule has 0 aliphatic heterocycles. The zero-order chi connectivity index (χ0) is 12.2. The number of aliphatic carboxylic acids is 1. The van der Waals surface area contributed by atoms with Gasteiger partial charge in [-0.25, -0.2) is 0 Å². The first kappa shape index (κ1) is 13.5. The van der Waals surface area contributed by atoms with Gasteiger partial charge in [-0.05, 0) is 31.2 Å². The largest absolute Gasteiger partial charge is 0.480 e. The van der Waals surface area contributed by atoms with Gasteiger partial charge in [0.1, 0.15) is 5.54 Å². The maximum absolute atomic E-state index is 11.5. The first-order valence-corrected chi connectivity index (χ1v) is 6.51. The van der Waals surface area contributed by atoms with Crippen LogP contribution in [0.25, 0.3) is 0 Å². The van der Waals surface area contributed by atoms with E-state index in [1.165, 1.54) is 6.42 Å². The van der Waals surface area contributed by atoms with E-state index in [1.807, 2.05) is 0 Å². The molecule has 3 unspecified atom stereocenters. The minimum absolute atomic E-state index is 0.239. The molecule has 0 aromatic carbocycles. The van der Waals surface area contributed by atoms with E-state index in [-0.39, 0.29) is 5.92 Å². The number of carboxylic acids is 1. The molecular weight excluding hydrogens is 202 g/mol. The van der Waals surface area contributed by atoms with Crippen molar-refractivity contribution in [2.45, 2.75) is 58.4 Å². The molecule has 1 rings (SSSR count). The highest BCUT2D eigenvalue weighted by Gasteiger charge is 2.44. The first-order chi connectivity index (χ1) is 7.53. The Bertz CT molecular complexity index is 242. The zero-order valence-corrected chi connectivity index (χ0v) is 10.8. The molecule has 2 N–H and O–H groups in total. The van der Waals surface area contributed by atoms with Crippen LogP contribution in [0.1, 0.15) is 52.9 Å². The summed E-state index contributed by atoms with van der Waals surface area (Å²) in [6, 6.07) is 0. The van der Waals surface area contributed by atoms with Crippen LogP contribution in [0, 0.1) is 11.8 Å². The summed E-state index contributed by atoms with van der Waals surface area (Å²) in [7, 11) is 0. The third-order valence-electron chi connectivity index (χ3n) is 4.14. The summed E-state index contributed by atoms with van der Waals surface area (Å²) >= 11 is 0. The molecule has 1 aliphatic carbocycles. The number of carbonyl (C=O) groups is 1. The van der Waals surface area contributed by atoms with Crippen LogP contribution in [0.5, 0.6) is 0 Å². The number of hydrogen-bond donors (Lipinski definition) is 2. The van der Waals surface area contributed by atoms with Crippen LogP contribution in [0.3, 0.4) is 0 Å². The van der Waals surface area contributed by atoms with Crippen LogP contribution in [0.15, 0.2) is 0 Å². The average Bonchev–Trinajstić information content (AvgIpc) is 2.27. The van der Waals surface area contributed by atoms with Gasteiger partial charge in [-0.2, -0.15) is 0 Å². The molecule has 0 aromatic heterocycles. The predicted octanol–water partition coefficient (Wildman–Crippen LogP) is 2.66. The van der Waals surface area contributed by atoms with Gasteiger partial charge < -0.3 is 10.4 Å². The van der Waals surface area contributed by atoms with E-state index in [1.54, 1.807) is 0 Å². The Hall–Kier alpha value is -0.570. The molecule has 1 aliphatic rings. The van der Waals surface area contributed by atoms with Crippen molar-refractivity contribution in [2.75, 3.05) is 6.54 Å².